The Kier molecular flexibility index (Phi) is 4.01. The molecule has 0 aromatic carbocycles. The van der Waals surface area contributed by atoms with Crippen LogP contribution in [0.2, 0.25) is 0 Å². The topological polar surface area (TPSA) is 32.3 Å². The number of alkyl halides is 1. The highest BCUT2D eigenvalue weighted by Crippen LogP contribution is 2.39. The fraction of sp³-hybridized carbons (Fsp3) is 0.833. The van der Waals surface area contributed by atoms with Crippen molar-refractivity contribution in [3.8, 4) is 0 Å². The minimum atomic E-state index is 0.662. The summed E-state index contributed by atoms with van der Waals surface area (Å²) >= 11 is 7.38. The number of hydrogen-bond acceptors (Lipinski definition) is 5. The van der Waals surface area contributed by atoms with E-state index in [1.54, 1.807) is 11.5 Å². The maximum atomic E-state index is 5.81. The molecule has 1 aromatic heterocycles. The van der Waals surface area contributed by atoms with Crippen LogP contribution in [0.1, 0.15) is 31.0 Å². The van der Waals surface area contributed by atoms with Crippen molar-refractivity contribution in [3.63, 3.8) is 0 Å². The number of nitrogens with zero attached hydrogens (tertiary/aromatic N) is 4. The summed E-state index contributed by atoms with van der Waals surface area (Å²) in [6.45, 7) is 5.38. The summed E-state index contributed by atoms with van der Waals surface area (Å²) in [5, 5.41) is 1.12. The molecule has 1 saturated heterocycles. The van der Waals surface area contributed by atoms with Gasteiger partial charge in [0.15, 0.2) is 0 Å². The van der Waals surface area contributed by atoms with Crippen molar-refractivity contribution >= 4 is 28.3 Å². The highest BCUT2D eigenvalue weighted by atomic mass is 35.5. The average Bonchev–Trinajstić information content (AvgIpc) is 3.15. The molecule has 0 radical (unpaired) electrons. The summed E-state index contributed by atoms with van der Waals surface area (Å²) < 4.78 is 4.49. The van der Waals surface area contributed by atoms with E-state index in [2.05, 4.69) is 14.2 Å². The Bertz CT molecular complexity index is 393. The van der Waals surface area contributed by atoms with E-state index in [9.17, 15) is 0 Å². The van der Waals surface area contributed by atoms with E-state index in [1.165, 1.54) is 19.3 Å². The zero-order chi connectivity index (χ0) is 12.4. The van der Waals surface area contributed by atoms with Gasteiger partial charge in [0.25, 0.3) is 0 Å². The zero-order valence-corrected chi connectivity index (χ0v) is 12.1. The van der Waals surface area contributed by atoms with Gasteiger partial charge in [0, 0.05) is 49.5 Å². The van der Waals surface area contributed by atoms with Gasteiger partial charge >= 0.3 is 0 Å². The van der Waals surface area contributed by atoms with Crippen molar-refractivity contribution in [1.82, 2.24) is 14.3 Å². The molecule has 18 heavy (non-hydrogen) atoms. The Labute approximate surface area is 117 Å². The lowest BCUT2D eigenvalue weighted by molar-refractivity contribution is 0.311. The molecule has 2 heterocycles. The monoisotopic (exact) mass is 286 g/mol. The third-order valence-electron chi connectivity index (χ3n) is 3.63. The third-order valence-corrected chi connectivity index (χ3v) is 4.59. The van der Waals surface area contributed by atoms with Gasteiger partial charge in [-0.1, -0.05) is 0 Å². The summed E-state index contributed by atoms with van der Waals surface area (Å²) in [6.07, 6.45) is 3.74. The molecule has 0 unspecified atom stereocenters. The van der Waals surface area contributed by atoms with Gasteiger partial charge in [0.2, 0.25) is 5.13 Å². The first-order valence-corrected chi connectivity index (χ1v) is 8.04. The molecule has 4 nitrogen and oxygen atoms in total. The van der Waals surface area contributed by atoms with Crippen LogP contribution < -0.4 is 4.90 Å². The second-order valence-electron chi connectivity index (χ2n) is 5.08. The number of halogens is 1. The molecule has 100 valence electrons. The zero-order valence-electron chi connectivity index (χ0n) is 10.5. The Hall–Kier alpha value is -0.390. The van der Waals surface area contributed by atoms with E-state index < -0.39 is 0 Å². The summed E-state index contributed by atoms with van der Waals surface area (Å²) in [5.41, 5.74) is 0. The summed E-state index contributed by atoms with van der Waals surface area (Å²) in [4.78, 5) is 9.52. The Balaban J connectivity index is 1.61. The van der Waals surface area contributed by atoms with Crippen LogP contribution in [0, 0.1) is 0 Å². The quantitative estimate of drug-likeness (QED) is 0.794. The Morgan fingerprint density at radius 1 is 1.22 bits per heavy atom. The van der Waals surface area contributed by atoms with Crippen LogP contribution in [-0.2, 0) is 0 Å². The lowest BCUT2D eigenvalue weighted by atomic mass is 10.4. The molecular formula is C12H19ClN4S. The molecule has 3 rings (SSSR count). The minimum Gasteiger partial charge on any atom is -0.346 e. The maximum Gasteiger partial charge on any atom is 0.205 e. The number of rotatable bonds is 4. The fourth-order valence-corrected chi connectivity index (χ4v) is 3.40. The molecule has 6 heteroatoms. The molecule has 0 N–H and O–H groups in total. The molecule has 1 aliphatic carbocycles. The highest BCUT2D eigenvalue weighted by molar-refractivity contribution is 7.09. The van der Waals surface area contributed by atoms with Crippen molar-refractivity contribution in [1.29, 1.82) is 0 Å². The van der Waals surface area contributed by atoms with Gasteiger partial charge in [-0.3, -0.25) is 0 Å². The molecule has 0 atom stereocenters. The van der Waals surface area contributed by atoms with E-state index in [4.69, 9.17) is 16.6 Å². The molecule has 1 aliphatic heterocycles. The summed E-state index contributed by atoms with van der Waals surface area (Å²) in [5.74, 6) is 2.47. The molecular weight excluding hydrogens is 268 g/mol. The second kappa shape index (κ2) is 5.72. The second-order valence-corrected chi connectivity index (χ2v) is 6.19. The first-order valence-electron chi connectivity index (χ1n) is 6.73. The van der Waals surface area contributed by atoms with E-state index in [1.807, 2.05) is 0 Å². The molecule has 0 bridgehead atoms. The standard InChI is InChI=1S/C12H19ClN4S/c13-4-7-16-5-1-6-17(9-8-16)12-14-11(15-18-12)10-2-3-10/h10H,1-9H2. The van der Waals surface area contributed by atoms with E-state index in [0.29, 0.717) is 5.92 Å². The predicted molar refractivity (Wildman–Crippen MR) is 75.9 cm³/mol. The Morgan fingerprint density at radius 2 is 2.11 bits per heavy atom. The number of hydrogen-bond donors (Lipinski definition) is 0. The molecule has 0 spiro atoms. The Morgan fingerprint density at radius 3 is 2.89 bits per heavy atom. The van der Waals surface area contributed by atoms with Gasteiger partial charge in [0.05, 0.1) is 0 Å². The third kappa shape index (κ3) is 2.95. The van der Waals surface area contributed by atoms with Crippen LogP contribution in [-0.4, -0.2) is 52.9 Å². The van der Waals surface area contributed by atoms with E-state index >= 15 is 0 Å². The number of anilines is 1. The predicted octanol–water partition coefficient (Wildman–Crippen LogP) is 2.17. The van der Waals surface area contributed by atoms with E-state index in [-0.39, 0.29) is 0 Å². The van der Waals surface area contributed by atoms with Gasteiger partial charge in [-0.25, -0.2) is 4.98 Å². The van der Waals surface area contributed by atoms with Gasteiger partial charge in [-0.05, 0) is 25.8 Å². The largest absolute Gasteiger partial charge is 0.346 e. The van der Waals surface area contributed by atoms with Crippen LogP contribution in [0.4, 0.5) is 5.13 Å². The first-order chi connectivity index (χ1) is 8.86. The number of aromatic nitrogens is 2. The van der Waals surface area contributed by atoms with Crippen molar-refractivity contribution < 1.29 is 0 Å². The summed E-state index contributed by atoms with van der Waals surface area (Å²) in [7, 11) is 0. The fourth-order valence-electron chi connectivity index (χ4n) is 2.37. The highest BCUT2D eigenvalue weighted by Gasteiger charge is 2.28. The smallest absolute Gasteiger partial charge is 0.205 e. The van der Waals surface area contributed by atoms with Crippen LogP contribution in [0.3, 0.4) is 0 Å². The van der Waals surface area contributed by atoms with Crippen molar-refractivity contribution in [2.24, 2.45) is 0 Å². The lowest BCUT2D eigenvalue weighted by Crippen LogP contribution is -2.31. The van der Waals surface area contributed by atoms with Gasteiger partial charge in [-0.2, -0.15) is 4.37 Å². The normalized spacial score (nSPS) is 22.2. The van der Waals surface area contributed by atoms with Crippen LogP contribution in [0.15, 0.2) is 0 Å². The SMILES string of the molecule is ClCCN1CCCN(c2nc(C3CC3)ns2)CC1. The van der Waals surface area contributed by atoms with Crippen molar-refractivity contribution in [2.45, 2.75) is 25.2 Å². The molecule has 0 amide bonds. The summed E-state index contributed by atoms with van der Waals surface area (Å²) in [6, 6.07) is 0. The first kappa shape index (κ1) is 12.6. The minimum absolute atomic E-state index is 0.662. The van der Waals surface area contributed by atoms with Crippen molar-refractivity contribution in [3.05, 3.63) is 5.82 Å². The van der Waals surface area contributed by atoms with Gasteiger partial charge in [0.1, 0.15) is 5.82 Å². The van der Waals surface area contributed by atoms with Gasteiger partial charge < -0.3 is 9.80 Å². The van der Waals surface area contributed by atoms with Crippen LogP contribution in [0.5, 0.6) is 0 Å². The maximum absolute atomic E-state index is 5.81. The molecule has 2 aliphatic rings. The van der Waals surface area contributed by atoms with Gasteiger partial charge in [-0.15, -0.1) is 11.6 Å². The average molecular weight is 287 g/mol. The molecule has 1 saturated carbocycles. The molecule has 1 aromatic rings. The van der Waals surface area contributed by atoms with Crippen LogP contribution in [0.25, 0.3) is 0 Å². The molecule has 2 fully saturated rings. The van der Waals surface area contributed by atoms with Crippen LogP contribution >= 0.6 is 23.1 Å². The van der Waals surface area contributed by atoms with E-state index in [0.717, 1.165) is 49.6 Å². The lowest BCUT2D eigenvalue weighted by Gasteiger charge is -2.20. The van der Waals surface area contributed by atoms with Crippen molar-refractivity contribution in [2.75, 3.05) is 43.5 Å².